The zero-order valence-corrected chi connectivity index (χ0v) is 12.5. The average molecular weight is 281 g/mol. The molecule has 0 aliphatic rings. The lowest BCUT2D eigenvalue weighted by atomic mass is 10.1. The summed E-state index contributed by atoms with van der Waals surface area (Å²) >= 11 is 0. The Balaban J connectivity index is 4.01. The van der Waals surface area contributed by atoms with Gasteiger partial charge >= 0.3 is 0 Å². The van der Waals surface area contributed by atoms with Gasteiger partial charge in [0.25, 0.3) is 10.1 Å². The van der Waals surface area contributed by atoms with Gasteiger partial charge in [0.05, 0.1) is 33.7 Å². The predicted molar refractivity (Wildman–Crippen MR) is 70.7 cm³/mol. The van der Waals surface area contributed by atoms with E-state index in [1.54, 1.807) is 0 Å². The Bertz CT molecular complexity index is 365. The normalized spacial score (nSPS) is 14.3. The zero-order chi connectivity index (χ0) is 14.4. The highest BCUT2D eigenvalue weighted by Gasteiger charge is 2.19. The molecule has 7 heteroatoms. The van der Waals surface area contributed by atoms with Crippen LogP contribution in [0.2, 0.25) is 0 Å². The van der Waals surface area contributed by atoms with E-state index in [9.17, 15) is 13.2 Å². The van der Waals surface area contributed by atoms with Gasteiger partial charge in [0, 0.05) is 5.92 Å². The first-order valence-corrected chi connectivity index (χ1v) is 7.73. The van der Waals surface area contributed by atoms with Crippen LogP contribution >= 0.6 is 0 Å². The van der Waals surface area contributed by atoms with Gasteiger partial charge < -0.3 is 9.80 Å². The lowest BCUT2D eigenvalue weighted by Gasteiger charge is -2.29. The minimum atomic E-state index is -3.92. The van der Waals surface area contributed by atoms with Crippen LogP contribution in [0, 0.1) is 5.92 Å². The monoisotopic (exact) mass is 281 g/mol. The molecule has 1 unspecified atom stereocenters. The first-order valence-electron chi connectivity index (χ1n) is 6.12. The van der Waals surface area contributed by atoms with Crippen molar-refractivity contribution in [2.45, 2.75) is 20.3 Å². The summed E-state index contributed by atoms with van der Waals surface area (Å²) in [6, 6.07) is 0. The predicted octanol–water partition coefficient (Wildman–Crippen LogP) is 0.113. The highest BCUT2D eigenvalue weighted by atomic mass is 32.2. The SMILES string of the molecule is CCC(C)C(=O)NCC[N+](C)(C)CCS(=O)(=O)O. The molecule has 6 nitrogen and oxygen atoms in total. The Labute approximate surface area is 110 Å². The number of hydrogen-bond acceptors (Lipinski definition) is 3. The topological polar surface area (TPSA) is 83.5 Å². The lowest BCUT2D eigenvalue weighted by molar-refractivity contribution is -0.886. The molecule has 2 N–H and O–H groups in total. The van der Waals surface area contributed by atoms with Gasteiger partial charge in [-0.2, -0.15) is 8.42 Å². The standard InChI is InChI=1S/C11H24N2O4S/c1-5-10(2)11(14)12-6-7-13(3,4)8-9-18(15,16)17/h10H,5-9H2,1-4H3,(H-,12,14,15,16,17)/p+1. The smallest absolute Gasteiger partial charge is 0.270 e. The summed E-state index contributed by atoms with van der Waals surface area (Å²) in [5.74, 6) is -0.245. The Kier molecular flexibility index (Phi) is 6.80. The molecule has 0 aromatic heterocycles. The molecular weight excluding hydrogens is 256 g/mol. The molecule has 0 rings (SSSR count). The first-order chi connectivity index (χ1) is 8.07. The van der Waals surface area contributed by atoms with Crippen LogP contribution in [0.5, 0.6) is 0 Å². The van der Waals surface area contributed by atoms with E-state index in [-0.39, 0.29) is 17.6 Å². The zero-order valence-electron chi connectivity index (χ0n) is 11.6. The number of carbonyl (C=O) groups excluding carboxylic acids is 1. The van der Waals surface area contributed by atoms with Gasteiger partial charge in [-0.15, -0.1) is 0 Å². The summed E-state index contributed by atoms with van der Waals surface area (Å²) < 4.78 is 30.5. The summed E-state index contributed by atoms with van der Waals surface area (Å²) in [4.78, 5) is 11.5. The molecule has 0 saturated heterocycles. The third-order valence-electron chi connectivity index (χ3n) is 3.03. The number of amides is 1. The van der Waals surface area contributed by atoms with Crippen molar-refractivity contribution in [3.05, 3.63) is 0 Å². The van der Waals surface area contributed by atoms with Crippen molar-refractivity contribution in [2.24, 2.45) is 5.92 Å². The Morgan fingerprint density at radius 3 is 2.33 bits per heavy atom. The fourth-order valence-corrected chi connectivity index (χ4v) is 2.04. The van der Waals surface area contributed by atoms with Gasteiger partial charge in [-0.05, 0) is 6.42 Å². The number of nitrogens with zero attached hydrogens (tertiary/aromatic N) is 1. The first kappa shape index (κ1) is 17.3. The Hall–Kier alpha value is -0.660. The van der Waals surface area contributed by atoms with Crippen molar-refractivity contribution in [2.75, 3.05) is 39.5 Å². The highest BCUT2D eigenvalue weighted by Crippen LogP contribution is 2.01. The molecule has 0 aliphatic heterocycles. The molecule has 0 aromatic rings. The van der Waals surface area contributed by atoms with Crippen LogP contribution in [0.15, 0.2) is 0 Å². The van der Waals surface area contributed by atoms with E-state index in [4.69, 9.17) is 4.55 Å². The van der Waals surface area contributed by atoms with E-state index >= 15 is 0 Å². The molecule has 0 heterocycles. The van der Waals surface area contributed by atoms with Crippen molar-refractivity contribution in [3.63, 3.8) is 0 Å². The van der Waals surface area contributed by atoms with E-state index in [1.807, 2.05) is 27.9 Å². The molecule has 0 aliphatic carbocycles. The molecule has 18 heavy (non-hydrogen) atoms. The maximum absolute atomic E-state index is 11.5. The molecule has 0 fully saturated rings. The molecule has 1 atom stereocenters. The maximum atomic E-state index is 11.5. The molecule has 0 aromatic carbocycles. The van der Waals surface area contributed by atoms with Gasteiger partial charge in [0.2, 0.25) is 5.91 Å². The number of nitrogens with one attached hydrogen (secondary N) is 1. The molecule has 108 valence electrons. The van der Waals surface area contributed by atoms with Crippen molar-refractivity contribution in [3.8, 4) is 0 Å². The summed E-state index contributed by atoms with van der Waals surface area (Å²) in [7, 11) is -0.196. The van der Waals surface area contributed by atoms with Crippen LogP contribution in [-0.2, 0) is 14.9 Å². The fourth-order valence-electron chi connectivity index (χ4n) is 1.32. The molecule has 1 amide bonds. The van der Waals surface area contributed by atoms with Gasteiger partial charge in [-0.1, -0.05) is 13.8 Å². The van der Waals surface area contributed by atoms with Crippen molar-refractivity contribution in [1.29, 1.82) is 0 Å². The molecule has 0 spiro atoms. The summed E-state index contributed by atoms with van der Waals surface area (Å²) in [6.45, 7) is 5.27. The van der Waals surface area contributed by atoms with Gasteiger partial charge in [0.1, 0.15) is 5.75 Å². The minimum Gasteiger partial charge on any atom is -0.350 e. The van der Waals surface area contributed by atoms with E-state index < -0.39 is 10.1 Å². The van der Waals surface area contributed by atoms with Gasteiger partial charge in [-0.3, -0.25) is 9.35 Å². The summed E-state index contributed by atoms with van der Waals surface area (Å²) in [5.41, 5.74) is 0. The van der Waals surface area contributed by atoms with E-state index in [1.165, 1.54) is 0 Å². The lowest BCUT2D eigenvalue weighted by Crippen LogP contribution is -2.48. The third kappa shape index (κ3) is 8.43. The average Bonchev–Trinajstić information content (AvgIpc) is 2.24. The molecule has 0 bridgehead atoms. The summed E-state index contributed by atoms with van der Waals surface area (Å²) in [6.07, 6.45) is 0.798. The fraction of sp³-hybridized carbons (Fsp3) is 0.909. The van der Waals surface area contributed by atoms with Gasteiger partial charge in [-0.25, -0.2) is 0 Å². The van der Waals surface area contributed by atoms with Crippen LogP contribution < -0.4 is 5.32 Å². The number of likely N-dealkylation sites (N-methyl/N-ethyl adjacent to an activating group) is 1. The van der Waals surface area contributed by atoms with Gasteiger partial charge in [0.15, 0.2) is 0 Å². The van der Waals surface area contributed by atoms with Crippen LogP contribution in [0.25, 0.3) is 0 Å². The number of quaternary nitrogens is 1. The van der Waals surface area contributed by atoms with Crippen molar-refractivity contribution < 1.29 is 22.2 Å². The van der Waals surface area contributed by atoms with Crippen LogP contribution in [-0.4, -0.2) is 62.8 Å². The van der Waals surface area contributed by atoms with E-state index in [2.05, 4.69) is 5.32 Å². The van der Waals surface area contributed by atoms with E-state index in [0.29, 0.717) is 24.1 Å². The second-order valence-electron chi connectivity index (χ2n) is 5.27. The maximum Gasteiger partial charge on any atom is 0.270 e. The van der Waals surface area contributed by atoms with Crippen molar-refractivity contribution >= 4 is 16.0 Å². The molecule has 0 saturated carbocycles. The number of rotatable bonds is 8. The highest BCUT2D eigenvalue weighted by molar-refractivity contribution is 7.85. The third-order valence-corrected chi connectivity index (χ3v) is 3.73. The second-order valence-corrected chi connectivity index (χ2v) is 6.84. The van der Waals surface area contributed by atoms with E-state index in [0.717, 1.165) is 6.42 Å². The van der Waals surface area contributed by atoms with Crippen LogP contribution in [0.4, 0.5) is 0 Å². The number of carbonyl (C=O) groups is 1. The molecule has 0 radical (unpaired) electrons. The Morgan fingerprint density at radius 2 is 1.89 bits per heavy atom. The van der Waals surface area contributed by atoms with Crippen LogP contribution in [0.3, 0.4) is 0 Å². The largest absolute Gasteiger partial charge is 0.350 e. The minimum absolute atomic E-state index is 0.00145. The number of hydrogen-bond donors (Lipinski definition) is 2. The van der Waals surface area contributed by atoms with Crippen molar-refractivity contribution in [1.82, 2.24) is 5.32 Å². The molecular formula is C11H25N2O4S+. The van der Waals surface area contributed by atoms with Crippen LogP contribution in [0.1, 0.15) is 20.3 Å². The summed E-state index contributed by atoms with van der Waals surface area (Å²) in [5, 5.41) is 2.82. The quantitative estimate of drug-likeness (QED) is 0.489. The Morgan fingerprint density at radius 1 is 1.33 bits per heavy atom. The second kappa shape index (κ2) is 7.06.